The van der Waals surface area contributed by atoms with E-state index < -0.39 is 44.4 Å². The molecule has 12 nitrogen and oxygen atoms in total. The minimum Gasteiger partial charge on any atom is -0.481 e. The Hall–Kier alpha value is -3.36. The zero-order chi connectivity index (χ0) is 23.9. The molecule has 172 valence electrons. The molecular formula is C18H20N4O8S2. The topological polar surface area (TPSA) is 189 Å². The van der Waals surface area contributed by atoms with Crippen molar-refractivity contribution >= 4 is 43.9 Å². The minimum absolute atomic E-state index is 0.0494. The fourth-order valence-corrected chi connectivity index (χ4v) is 4.03. The lowest BCUT2D eigenvalue weighted by Gasteiger charge is -2.11. The summed E-state index contributed by atoms with van der Waals surface area (Å²) in [5.41, 5.74) is 0.404. The number of pyridine rings is 1. The SMILES string of the molecule is CS(=O)(=O)Nc1cccc(S(=O)(=O)NCc2ccc(C(=O)NC(C=O)CC(=O)O)cn2)c1. The monoisotopic (exact) mass is 484 g/mol. The molecule has 1 heterocycles. The summed E-state index contributed by atoms with van der Waals surface area (Å²) in [6.07, 6.45) is 1.83. The Kier molecular flexibility index (Phi) is 8.02. The second-order valence-corrected chi connectivity index (χ2v) is 10.1. The van der Waals surface area contributed by atoms with Crippen LogP contribution >= 0.6 is 0 Å². The number of aliphatic carboxylic acids is 1. The number of carbonyl (C=O) groups excluding carboxylic acids is 2. The highest BCUT2D eigenvalue weighted by Gasteiger charge is 2.18. The summed E-state index contributed by atoms with van der Waals surface area (Å²) in [6, 6.07) is 6.75. The second-order valence-electron chi connectivity index (χ2n) is 6.58. The predicted molar refractivity (Wildman–Crippen MR) is 113 cm³/mol. The number of aromatic nitrogens is 1. The van der Waals surface area contributed by atoms with E-state index >= 15 is 0 Å². The molecule has 1 aromatic heterocycles. The number of carboxylic acids is 1. The van der Waals surface area contributed by atoms with Gasteiger partial charge in [0.15, 0.2) is 0 Å². The third-order valence-electron chi connectivity index (χ3n) is 3.85. The molecule has 1 unspecified atom stereocenters. The average Bonchev–Trinajstić information content (AvgIpc) is 2.70. The Labute approximate surface area is 184 Å². The lowest BCUT2D eigenvalue weighted by atomic mass is 10.2. The number of benzene rings is 1. The van der Waals surface area contributed by atoms with Crippen molar-refractivity contribution in [3.8, 4) is 0 Å². The molecular weight excluding hydrogens is 464 g/mol. The molecule has 0 saturated carbocycles. The van der Waals surface area contributed by atoms with E-state index in [4.69, 9.17) is 5.11 Å². The van der Waals surface area contributed by atoms with Gasteiger partial charge in [0.25, 0.3) is 5.91 Å². The molecule has 0 saturated heterocycles. The van der Waals surface area contributed by atoms with Crippen molar-refractivity contribution in [3.05, 3.63) is 53.9 Å². The molecule has 4 N–H and O–H groups in total. The molecule has 1 aromatic carbocycles. The zero-order valence-electron chi connectivity index (χ0n) is 16.7. The van der Waals surface area contributed by atoms with Gasteiger partial charge in [-0.2, -0.15) is 0 Å². The summed E-state index contributed by atoms with van der Waals surface area (Å²) in [7, 11) is -7.57. The summed E-state index contributed by atoms with van der Waals surface area (Å²) in [5.74, 6) is -1.96. The summed E-state index contributed by atoms with van der Waals surface area (Å²) >= 11 is 0. The van der Waals surface area contributed by atoms with Gasteiger partial charge in [-0.1, -0.05) is 6.07 Å². The van der Waals surface area contributed by atoms with Crippen molar-refractivity contribution in [2.24, 2.45) is 0 Å². The Morgan fingerprint density at radius 2 is 1.88 bits per heavy atom. The van der Waals surface area contributed by atoms with E-state index in [1.165, 1.54) is 30.3 Å². The van der Waals surface area contributed by atoms with Gasteiger partial charge >= 0.3 is 5.97 Å². The number of rotatable bonds is 11. The third kappa shape index (κ3) is 7.72. The Balaban J connectivity index is 2.03. The van der Waals surface area contributed by atoms with E-state index in [9.17, 15) is 31.2 Å². The number of nitrogens with zero attached hydrogens (tertiary/aromatic N) is 1. The van der Waals surface area contributed by atoms with Gasteiger partial charge in [0, 0.05) is 11.9 Å². The summed E-state index contributed by atoms with van der Waals surface area (Å²) in [6.45, 7) is -0.218. The highest BCUT2D eigenvalue weighted by Crippen LogP contribution is 2.16. The molecule has 0 fully saturated rings. The van der Waals surface area contributed by atoms with Gasteiger partial charge in [-0.05, 0) is 30.3 Å². The lowest BCUT2D eigenvalue weighted by molar-refractivity contribution is -0.138. The van der Waals surface area contributed by atoms with Crippen molar-refractivity contribution in [1.82, 2.24) is 15.0 Å². The molecule has 0 aliphatic heterocycles. The Morgan fingerprint density at radius 3 is 2.44 bits per heavy atom. The van der Waals surface area contributed by atoms with Gasteiger partial charge in [0.05, 0.1) is 41.4 Å². The Bertz CT molecular complexity index is 1210. The molecule has 0 aliphatic carbocycles. The van der Waals surface area contributed by atoms with Gasteiger partial charge in [0.2, 0.25) is 20.0 Å². The molecule has 0 bridgehead atoms. The van der Waals surface area contributed by atoms with E-state index in [1.807, 2.05) is 0 Å². The number of carboxylic acid groups (broad SMARTS) is 1. The van der Waals surface area contributed by atoms with Crippen LogP contribution < -0.4 is 14.8 Å². The van der Waals surface area contributed by atoms with Crippen molar-refractivity contribution < 1.29 is 36.3 Å². The van der Waals surface area contributed by atoms with Crippen LogP contribution in [0.3, 0.4) is 0 Å². The van der Waals surface area contributed by atoms with Crippen LogP contribution in [0.4, 0.5) is 5.69 Å². The van der Waals surface area contributed by atoms with Crippen molar-refractivity contribution in [1.29, 1.82) is 0 Å². The number of hydrogen-bond donors (Lipinski definition) is 4. The second kappa shape index (κ2) is 10.3. The van der Waals surface area contributed by atoms with E-state index in [0.717, 1.165) is 18.5 Å². The number of amides is 1. The van der Waals surface area contributed by atoms with Gasteiger partial charge in [-0.3, -0.25) is 19.3 Å². The number of nitrogens with one attached hydrogen (secondary N) is 3. The smallest absolute Gasteiger partial charge is 0.305 e. The largest absolute Gasteiger partial charge is 0.481 e. The summed E-state index contributed by atoms with van der Waals surface area (Å²) in [4.78, 5) is 37.4. The van der Waals surface area contributed by atoms with Crippen LogP contribution in [0.15, 0.2) is 47.5 Å². The molecule has 1 atom stereocenters. The first-order valence-electron chi connectivity index (χ1n) is 8.90. The first kappa shape index (κ1) is 24.9. The van der Waals surface area contributed by atoms with Gasteiger partial charge in [0.1, 0.15) is 6.29 Å². The summed E-state index contributed by atoms with van der Waals surface area (Å²) < 4.78 is 52.1. The molecule has 32 heavy (non-hydrogen) atoms. The number of anilines is 1. The number of carbonyl (C=O) groups is 3. The molecule has 2 aromatic rings. The van der Waals surface area contributed by atoms with Gasteiger partial charge in [-0.25, -0.2) is 21.6 Å². The first-order valence-corrected chi connectivity index (χ1v) is 12.3. The molecule has 0 radical (unpaired) electrons. The maximum absolute atomic E-state index is 12.5. The summed E-state index contributed by atoms with van der Waals surface area (Å²) in [5, 5.41) is 10.9. The minimum atomic E-state index is -3.99. The predicted octanol–water partition coefficient (Wildman–Crippen LogP) is -0.296. The van der Waals surface area contributed by atoms with Crippen molar-refractivity contribution in [2.75, 3.05) is 11.0 Å². The number of hydrogen-bond acceptors (Lipinski definition) is 8. The van der Waals surface area contributed by atoms with Crippen LogP contribution in [-0.2, 0) is 36.2 Å². The molecule has 2 rings (SSSR count). The highest BCUT2D eigenvalue weighted by molar-refractivity contribution is 7.92. The maximum atomic E-state index is 12.5. The van der Waals surface area contributed by atoms with Crippen LogP contribution in [0.5, 0.6) is 0 Å². The van der Waals surface area contributed by atoms with Crippen LogP contribution in [-0.4, -0.2) is 57.4 Å². The normalized spacial score (nSPS) is 12.5. The van der Waals surface area contributed by atoms with E-state index in [0.29, 0.717) is 6.29 Å². The lowest BCUT2D eigenvalue weighted by Crippen LogP contribution is -2.37. The number of aldehydes is 1. The third-order valence-corrected chi connectivity index (χ3v) is 5.86. The average molecular weight is 485 g/mol. The van der Waals surface area contributed by atoms with Gasteiger partial charge < -0.3 is 15.2 Å². The molecule has 0 aliphatic rings. The van der Waals surface area contributed by atoms with Crippen LogP contribution in [0.25, 0.3) is 0 Å². The molecule has 14 heteroatoms. The van der Waals surface area contributed by atoms with E-state index in [1.54, 1.807) is 0 Å². The fourth-order valence-electron chi connectivity index (χ4n) is 2.43. The fraction of sp³-hybridized carbons (Fsp3) is 0.222. The molecule has 1 amide bonds. The molecule has 0 spiro atoms. The van der Waals surface area contributed by atoms with E-state index in [2.05, 4.69) is 19.7 Å². The maximum Gasteiger partial charge on any atom is 0.305 e. The number of sulfonamides is 2. The van der Waals surface area contributed by atoms with E-state index in [-0.39, 0.29) is 28.4 Å². The standard InChI is InChI=1S/C18H20N4O8S2/c1-31(27,28)22-13-3-2-4-16(7-13)32(29,30)20-10-14-6-5-12(9-19-14)18(26)21-15(11-23)8-17(24)25/h2-7,9,11,15,20,22H,8,10H2,1H3,(H,21,26)(H,24,25). The van der Waals surface area contributed by atoms with Crippen LogP contribution in [0.2, 0.25) is 0 Å². The highest BCUT2D eigenvalue weighted by atomic mass is 32.2. The first-order chi connectivity index (χ1) is 14.9. The zero-order valence-corrected chi connectivity index (χ0v) is 18.3. The van der Waals surface area contributed by atoms with Crippen LogP contribution in [0.1, 0.15) is 22.5 Å². The quantitative estimate of drug-likeness (QED) is 0.310. The van der Waals surface area contributed by atoms with Crippen LogP contribution in [0, 0.1) is 0 Å². The van der Waals surface area contributed by atoms with Crippen molar-refractivity contribution in [2.45, 2.75) is 23.9 Å². The van der Waals surface area contributed by atoms with Gasteiger partial charge in [-0.15, -0.1) is 0 Å². The van der Waals surface area contributed by atoms with Crippen molar-refractivity contribution in [3.63, 3.8) is 0 Å². The Morgan fingerprint density at radius 1 is 1.16 bits per heavy atom.